The Hall–Kier alpha value is -1.11. The minimum absolute atomic E-state index is 0.00702. The van der Waals surface area contributed by atoms with Gasteiger partial charge in [-0.1, -0.05) is 0 Å². The van der Waals surface area contributed by atoms with Crippen molar-refractivity contribution in [2.24, 2.45) is 0 Å². The van der Waals surface area contributed by atoms with E-state index in [1.165, 1.54) is 18.2 Å². The van der Waals surface area contributed by atoms with Crippen molar-refractivity contribution >= 4 is 25.6 Å². The largest absolute Gasteiger partial charge is 0.379 e. The minimum Gasteiger partial charge on any atom is -0.379 e. The van der Waals surface area contributed by atoms with E-state index >= 15 is 0 Å². The quantitative estimate of drug-likeness (QED) is 0.858. The van der Waals surface area contributed by atoms with Gasteiger partial charge < -0.3 is 10.1 Å². The van der Waals surface area contributed by atoms with E-state index in [9.17, 15) is 13.2 Å². The first kappa shape index (κ1) is 14.3. The SMILES string of the molecule is Cc1cc(S(=O)(=O)Cl)ccc1C(=O)NC1CCOC1. The van der Waals surface area contributed by atoms with Gasteiger partial charge >= 0.3 is 0 Å². The Labute approximate surface area is 116 Å². The molecule has 1 amide bonds. The van der Waals surface area contributed by atoms with Gasteiger partial charge in [-0.3, -0.25) is 4.79 Å². The summed E-state index contributed by atoms with van der Waals surface area (Å²) in [5, 5.41) is 2.85. The van der Waals surface area contributed by atoms with Crippen LogP contribution in [0.4, 0.5) is 0 Å². The summed E-state index contributed by atoms with van der Waals surface area (Å²) in [6.45, 7) is 2.83. The van der Waals surface area contributed by atoms with Crippen LogP contribution in [0, 0.1) is 6.92 Å². The first-order chi connectivity index (χ1) is 8.88. The molecule has 1 aromatic rings. The number of hydrogen-bond acceptors (Lipinski definition) is 4. The van der Waals surface area contributed by atoms with E-state index in [2.05, 4.69) is 5.32 Å². The molecule has 19 heavy (non-hydrogen) atoms. The van der Waals surface area contributed by atoms with Crippen LogP contribution in [0.15, 0.2) is 23.1 Å². The van der Waals surface area contributed by atoms with E-state index in [4.69, 9.17) is 15.4 Å². The Morgan fingerprint density at radius 1 is 1.47 bits per heavy atom. The van der Waals surface area contributed by atoms with Gasteiger partial charge in [-0.15, -0.1) is 0 Å². The number of amides is 1. The van der Waals surface area contributed by atoms with Gasteiger partial charge in [-0.25, -0.2) is 8.42 Å². The fourth-order valence-corrected chi connectivity index (χ4v) is 2.79. The molecule has 1 aliphatic rings. The maximum absolute atomic E-state index is 12.0. The van der Waals surface area contributed by atoms with Crippen molar-refractivity contribution in [3.8, 4) is 0 Å². The van der Waals surface area contributed by atoms with Crippen molar-refractivity contribution in [3.05, 3.63) is 29.3 Å². The van der Waals surface area contributed by atoms with Gasteiger partial charge in [0.25, 0.3) is 15.0 Å². The molecule has 1 N–H and O–H groups in total. The third kappa shape index (κ3) is 3.46. The van der Waals surface area contributed by atoms with E-state index < -0.39 is 9.05 Å². The smallest absolute Gasteiger partial charge is 0.261 e. The van der Waals surface area contributed by atoms with Crippen molar-refractivity contribution in [3.63, 3.8) is 0 Å². The average molecular weight is 304 g/mol. The van der Waals surface area contributed by atoms with E-state index in [1.54, 1.807) is 6.92 Å². The van der Waals surface area contributed by atoms with Crippen molar-refractivity contribution in [1.82, 2.24) is 5.32 Å². The molecule has 1 atom stereocenters. The predicted molar refractivity (Wildman–Crippen MR) is 70.9 cm³/mol. The Balaban J connectivity index is 2.18. The molecule has 1 aromatic carbocycles. The summed E-state index contributed by atoms with van der Waals surface area (Å²) >= 11 is 0. The van der Waals surface area contributed by atoms with Crippen LogP contribution in [0.1, 0.15) is 22.3 Å². The molecule has 104 valence electrons. The highest BCUT2D eigenvalue weighted by Gasteiger charge is 2.20. The standard InChI is InChI=1S/C12H14ClNO4S/c1-8-6-10(19(13,16)17)2-3-11(8)12(15)14-9-4-5-18-7-9/h2-3,6,9H,4-5,7H2,1H3,(H,14,15). The van der Waals surface area contributed by atoms with Gasteiger partial charge in [0.1, 0.15) is 0 Å². The van der Waals surface area contributed by atoms with Gasteiger partial charge in [-0.2, -0.15) is 0 Å². The van der Waals surface area contributed by atoms with E-state index in [0.717, 1.165) is 6.42 Å². The van der Waals surface area contributed by atoms with Gasteiger partial charge in [0.05, 0.1) is 17.5 Å². The zero-order valence-electron chi connectivity index (χ0n) is 10.3. The van der Waals surface area contributed by atoms with Crippen LogP contribution in [-0.4, -0.2) is 33.6 Å². The molecular weight excluding hydrogens is 290 g/mol. The first-order valence-electron chi connectivity index (χ1n) is 5.82. The van der Waals surface area contributed by atoms with Crippen LogP contribution in [0.25, 0.3) is 0 Å². The third-order valence-corrected chi connectivity index (χ3v) is 4.34. The van der Waals surface area contributed by atoms with Gasteiger partial charge in [0.2, 0.25) is 0 Å². The fourth-order valence-electron chi connectivity index (χ4n) is 1.95. The van der Waals surface area contributed by atoms with Crippen LogP contribution in [-0.2, 0) is 13.8 Å². The molecule has 0 spiro atoms. The second-order valence-corrected chi connectivity index (χ2v) is 7.01. The monoisotopic (exact) mass is 303 g/mol. The van der Waals surface area contributed by atoms with Crippen LogP contribution in [0.5, 0.6) is 0 Å². The molecule has 1 saturated heterocycles. The summed E-state index contributed by atoms with van der Waals surface area (Å²) in [5.41, 5.74) is 1.01. The van der Waals surface area contributed by atoms with Gasteiger partial charge in [0.15, 0.2) is 0 Å². The number of carbonyl (C=O) groups excluding carboxylic acids is 1. The van der Waals surface area contributed by atoms with E-state index in [0.29, 0.717) is 24.3 Å². The number of aryl methyl sites for hydroxylation is 1. The molecule has 0 aromatic heterocycles. The topological polar surface area (TPSA) is 72.5 Å². The number of ether oxygens (including phenoxy) is 1. The number of nitrogens with one attached hydrogen (secondary N) is 1. The van der Waals surface area contributed by atoms with Gasteiger partial charge in [0, 0.05) is 22.9 Å². The highest BCUT2D eigenvalue weighted by molar-refractivity contribution is 8.13. The summed E-state index contributed by atoms with van der Waals surface area (Å²) < 4.78 is 27.6. The summed E-state index contributed by atoms with van der Waals surface area (Å²) in [5.74, 6) is -0.230. The lowest BCUT2D eigenvalue weighted by molar-refractivity contribution is 0.0929. The minimum atomic E-state index is -3.77. The summed E-state index contributed by atoms with van der Waals surface area (Å²) in [4.78, 5) is 12.0. The van der Waals surface area contributed by atoms with Crippen LogP contribution < -0.4 is 5.32 Å². The van der Waals surface area contributed by atoms with E-state index in [1.807, 2.05) is 0 Å². The summed E-state index contributed by atoms with van der Waals surface area (Å²) in [6.07, 6.45) is 0.791. The highest BCUT2D eigenvalue weighted by atomic mass is 35.7. The zero-order valence-corrected chi connectivity index (χ0v) is 11.9. The lowest BCUT2D eigenvalue weighted by Gasteiger charge is -2.12. The molecule has 1 unspecified atom stereocenters. The predicted octanol–water partition coefficient (Wildman–Crippen LogP) is 1.44. The zero-order chi connectivity index (χ0) is 14.0. The molecule has 0 aliphatic carbocycles. The normalized spacial score (nSPS) is 19.4. The number of rotatable bonds is 3. The Bertz CT molecular complexity index is 594. The number of hydrogen-bond donors (Lipinski definition) is 1. The molecule has 5 nitrogen and oxygen atoms in total. The molecule has 0 saturated carbocycles. The molecule has 0 radical (unpaired) electrons. The number of halogens is 1. The fraction of sp³-hybridized carbons (Fsp3) is 0.417. The lowest BCUT2D eigenvalue weighted by atomic mass is 10.1. The maximum atomic E-state index is 12.0. The van der Waals surface area contributed by atoms with Crippen molar-refractivity contribution in [2.75, 3.05) is 13.2 Å². The molecule has 1 heterocycles. The second-order valence-electron chi connectivity index (χ2n) is 4.45. The number of carbonyl (C=O) groups is 1. The molecule has 1 aliphatic heterocycles. The number of benzene rings is 1. The van der Waals surface area contributed by atoms with Crippen LogP contribution in [0.2, 0.25) is 0 Å². The van der Waals surface area contributed by atoms with E-state index in [-0.39, 0.29) is 16.8 Å². The highest BCUT2D eigenvalue weighted by Crippen LogP contribution is 2.19. The Kier molecular flexibility index (Phi) is 4.13. The molecule has 2 rings (SSSR count). The Morgan fingerprint density at radius 2 is 2.21 bits per heavy atom. The maximum Gasteiger partial charge on any atom is 0.261 e. The molecule has 0 bridgehead atoms. The molecular formula is C12H14ClNO4S. The van der Waals surface area contributed by atoms with Crippen molar-refractivity contribution in [2.45, 2.75) is 24.3 Å². The first-order valence-corrected chi connectivity index (χ1v) is 8.13. The summed E-state index contributed by atoms with van der Waals surface area (Å²) in [6, 6.07) is 4.21. The lowest BCUT2D eigenvalue weighted by Crippen LogP contribution is -2.35. The Morgan fingerprint density at radius 3 is 2.74 bits per heavy atom. The van der Waals surface area contributed by atoms with Crippen LogP contribution >= 0.6 is 10.7 Å². The van der Waals surface area contributed by atoms with Crippen molar-refractivity contribution in [1.29, 1.82) is 0 Å². The van der Waals surface area contributed by atoms with Gasteiger partial charge in [-0.05, 0) is 37.1 Å². The average Bonchev–Trinajstić information content (AvgIpc) is 2.80. The summed E-state index contributed by atoms with van der Waals surface area (Å²) in [7, 11) is 1.49. The van der Waals surface area contributed by atoms with Crippen LogP contribution in [0.3, 0.4) is 0 Å². The second kappa shape index (κ2) is 5.48. The molecule has 7 heteroatoms. The van der Waals surface area contributed by atoms with Crippen molar-refractivity contribution < 1.29 is 17.9 Å². The third-order valence-electron chi connectivity index (χ3n) is 2.99. The molecule has 1 fully saturated rings.